The predicted molar refractivity (Wildman–Crippen MR) is 98.7 cm³/mol. The number of nitrogens with one attached hydrogen (secondary N) is 2. The van der Waals surface area contributed by atoms with E-state index in [2.05, 4.69) is 22.7 Å². The molecule has 1 aromatic heterocycles. The topological polar surface area (TPSA) is 59.0 Å². The molecule has 23 heavy (non-hydrogen) atoms. The van der Waals surface area contributed by atoms with Crippen LogP contribution >= 0.6 is 24.8 Å². The summed E-state index contributed by atoms with van der Waals surface area (Å²) < 4.78 is 1.89. The van der Waals surface area contributed by atoms with Crippen molar-refractivity contribution in [2.75, 3.05) is 19.6 Å². The number of hydrogen-bond acceptors (Lipinski definition) is 3. The molecular formula is C16H30Cl2N4O. The van der Waals surface area contributed by atoms with E-state index in [1.54, 1.807) is 0 Å². The zero-order chi connectivity index (χ0) is 15.2. The first kappa shape index (κ1) is 22.2. The van der Waals surface area contributed by atoms with Gasteiger partial charge in [-0.05, 0) is 64.1 Å². The van der Waals surface area contributed by atoms with Crippen molar-refractivity contribution < 1.29 is 4.79 Å². The van der Waals surface area contributed by atoms with Gasteiger partial charge in [-0.25, -0.2) is 0 Å². The zero-order valence-electron chi connectivity index (χ0n) is 14.4. The van der Waals surface area contributed by atoms with Gasteiger partial charge in [-0.15, -0.1) is 24.8 Å². The van der Waals surface area contributed by atoms with Crippen LogP contribution in [0.5, 0.6) is 0 Å². The van der Waals surface area contributed by atoms with E-state index in [4.69, 9.17) is 0 Å². The van der Waals surface area contributed by atoms with Gasteiger partial charge in [0.05, 0.1) is 5.69 Å². The van der Waals surface area contributed by atoms with Crippen LogP contribution in [0.15, 0.2) is 0 Å². The van der Waals surface area contributed by atoms with E-state index < -0.39 is 0 Å². The lowest BCUT2D eigenvalue weighted by molar-refractivity contribution is -0.121. The number of carbonyl (C=O) groups is 1. The molecule has 0 aliphatic carbocycles. The number of amides is 1. The van der Waals surface area contributed by atoms with Crippen LogP contribution in [0.1, 0.15) is 42.6 Å². The molecule has 1 aliphatic rings. The monoisotopic (exact) mass is 364 g/mol. The number of hydrogen-bond donors (Lipinski definition) is 2. The SMILES string of the molecule is Cc1nn(C)c(C)c1CCC(=O)NCCC1CCCNC1.Cl.Cl. The van der Waals surface area contributed by atoms with Crippen LogP contribution in [0, 0.1) is 19.8 Å². The van der Waals surface area contributed by atoms with Crippen molar-refractivity contribution in [2.24, 2.45) is 13.0 Å². The minimum atomic E-state index is 0. The van der Waals surface area contributed by atoms with Crippen LogP contribution in [0.25, 0.3) is 0 Å². The highest BCUT2D eigenvalue weighted by Crippen LogP contribution is 2.14. The number of nitrogens with zero attached hydrogens (tertiary/aromatic N) is 2. The molecule has 5 nitrogen and oxygen atoms in total. The Bertz CT molecular complexity index is 485. The quantitative estimate of drug-likeness (QED) is 0.814. The Morgan fingerprint density at radius 2 is 2.13 bits per heavy atom. The number of rotatable bonds is 6. The van der Waals surface area contributed by atoms with Crippen molar-refractivity contribution in [1.29, 1.82) is 0 Å². The highest BCUT2D eigenvalue weighted by Gasteiger charge is 2.14. The molecule has 0 radical (unpaired) electrons. The van der Waals surface area contributed by atoms with E-state index in [-0.39, 0.29) is 30.7 Å². The predicted octanol–water partition coefficient (Wildman–Crippen LogP) is 2.32. The molecule has 7 heteroatoms. The molecular weight excluding hydrogens is 335 g/mol. The van der Waals surface area contributed by atoms with Crippen molar-refractivity contribution in [3.05, 3.63) is 17.0 Å². The number of halogens is 2. The maximum absolute atomic E-state index is 11.9. The molecule has 1 unspecified atom stereocenters. The van der Waals surface area contributed by atoms with Crippen LogP contribution in [-0.4, -0.2) is 35.3 Å². The average Bonchev–Trinajstić information content (AvgIpc) is 2.71. The molecule has 134 valence electrons. The third kappa shape index (κ3) is 6.69. The maximum atomic E-state index is 11.9. The summed E-state index contributed by atoms with van der Waals surface area (Å²) in [6, 6.07) is 0. The first-order valence-corrected chi connectivity index (χ1v) is 8.04. The van der Waals surface area contributed by atoms with Gasteiger partial charge in [-0.3, -0.25) is 9.48 Å². The second kappa shape index (κ2) is 10.9. The van der Waals surface area contributed by atoms with Gasteiger partial charge in [0, 0.05) is 25.7 Å². The van der Waals surface area contributed by atoms with E-state index in [9.17, 15) is 4.79 Å². The minimum absolute atomic E-state index is 0. The van der Waals surface area contributed by atoms with Crippen molar-refractivity contribution in [3.8, 4) is 0 Å². The smallest absolute Gasteiger partial charge is 0.220 e. The Labute approximate surface area is 151 Å². The Kier molecular flexibility index (Phi) is 10.5. The van der Waals surface area contributed by atoms with E-state index in [0.717, 1.165) is 49.8 Å². The molecule has 2 rings (SSSR count). The molecule has 0 spiro atoms. The standard InChI is InChI=1S/C16H28N4O.2ClH/c1-12-15(13(2)20(3)19-12)6-7-16(21)18-10-8-14-5-4-9-17-11-14;;/h14,17H,4-11H2,1-3H3,(H,18,21);2*1H. The first-order valence-electron chi connectivity index (χ1n) is 8.04. The Morgan fingerprint density at radius 3 is 2.70 bits per heavy atom. The van der Waals surface area contributed by atoms with Gasteiger partial charge in [0.2, 0.25) is 5.91 Å². The lowest BCUT2D eigenvalue weighted by Gasteiger charge is -2.22. The molecule has 0 saturated carbocycles. The van der Waals surface area contributed by atoms with Gasteiger partial charge in [0.25, 0.3) is 0 Å². The summed E-state index contributed by atoms with van der Waals surface area (Å²) >= 11 is 0. The summed E-state index contributed by atoms with van der Waals surface area (Å²) in [7, 11) is 1.95. The highest BCUT2D eigenvalue weighted by atomic mass is 35.5. The number of carbonyl (C=O) groups excluding carboxylic acids is 1. The summed E-state index contributed by atoms with van der Waals surface area (Å²) in [6.07, 6.45) is 4.97. The fourth-order valence-corrected chi connectivity index (χ4v) is 3.09. The van der Waals surface area contributed by atoms with Crippen molar-refractivity contribution >= 4 is 30.7 Å². The molecule has 2 heterocycles. The maximum Gasteiger partial charge on any atom is 0.220 e. The van der Waals surface area contributed by atoms with E-state index in [0.29, 0.717) is 6.42 Å². The summed E-state index contributed by atoms with van der Waals surface area (Å²) in [5.74, 6) is 0.878. The molecule has 2 N–H and O–H groups in total. The Morgan fingerprint density at radius 1 is 1.39 bits per heavy atom. The normalized spacial score (nSPS) is 17.1. The first-order chi connectivity index (χ1) is 10.1. The van der Waals surface area contributed by atoms with Gasteiger partial charge in [0.1, 0.15) is 0 Å². The van der Waals surface area contributed by atoms with Gasteiger partial charge in [-0.1, -0.05) is 0 Å². The second-order valence-electron chi connectivity index (χ2n) is 6.12. The van der Waals surface area contributed by atoms with Gasteiger partial charge >= 0.3 is 0 Å². The van der Waals surface area contributed by atoms with Gasteiger partial charge < -0.3 is 10.6 Å². The fourth-order valence-electron chi connectivity index (χ4n) is 3.09. The molecule has 1 aromatic rings. The molecule has 1 saturated heterocycles. The van der Waals surface area contributed by atoms with E-state index in [1.165, 1.54) is 18.4 Å². The molecule has 1 atom stereocenters. The third-order valence-electron chi connectivity index (χ3n) is 4.53. The molecule has 1 amide bonds. The summed E-state index contributed by atoms with van der Waals surface area (Å²) in [5.41, 5.74) is 3.41. The van der Waals surface area contributed by atoms with E-state index >= 15 is 0 Å². The number of aryl methyl sites for hydroxylation is 2. The van der Waals surface area contributed by atoms with Crippen molar-refractivity contribution in [3.63, 3.8) is 0 Å². The summed E-state index contributed by atoms with van der Waals surface area (Å²) in [4.78, 5) is 11.9. The van der Waals surface area contributed by atoms with Crippen molar-refractivity contribution in [1.82, 2.24) is 20.4 Å². The minimum Gasteiger partial charge on any atom is -0.356 e. The average molecular weight is 365 g/mol. The van der Waals surface area contributed by atoms with Crippen LogP contribution in [0.2, 0.25) is 0 Å². The van der Waals surface area contributed by atoms with Crippen LogP contribution < -0.4 is 10.6 Å². The van der Waals surface area contributed by atoms with Crippen LogP contribution in [0.4, 0.5) is 0 Å². The number of piperidine rings is 1. The molecule has 1 aliphatic heterocycles. The summed E-state index contributed by atoms with van der Waals surface area (Å²) in [5, 5.41) is 10.9. The van der Waals surface area contributed by atoms with Crippen LogP contribution in [0.3, 0.4) is 0 Å². The largest absolute Gasteiger partial charge is 0.356 e. The zero-order valence-corrected chi connectivity index (χ0v) is 16.0. The fraction of sp³-hybridized carbons (Fsp3) is 0.750. The lowest BCUT2D eigenvalue weighted by atomic mass is 9.96. The molecule has 0 bridgehead atoms. The van der Waals surface area contributed by atoms with Crippen LogP contribution in [-0.2, 0) is 18.3 Å². The second-order valence-corrected chi connectivity index (χ2v) is 6.12. The lowest BCUT2D eigenvalue weighted by Crippen LogP contribution is -2.33. The third-order valence-corrected chi connectivity index (χ3v) is 4.53. The Balaban J connectivity index is 0.00000242. The molecule has 1 fully saturated rings. The van der Waals surface area contributed by atoms with E-state index in [1.807, 2.05) is 18.7 Å². The number of aromatic nitrogens is 2. The molecule has 0 aromatic carbocycles. The van der Waals surface area contributed by atoms with Crippen molar-refractivity contribution in [2.45, 2.75) is 46.0 Å². The van der Waals surface area contributed by atoms with Gasteiger partial charge in [-0.2, -0.15) is 5.10 Å². The highest BCUT2D eigenvalue weighted by molar-refractivity contribution is 5.85. The van der Waals surface area contributed by atoms with Gasteiger partial charge in [0.15, 0.2) is 0 Å². The Hall–Kier alpha value is -0.780. The summed E-state index contributed by atoms with van der Waals surface area (Å²) in [6.45, 7) is 7.12.